The fourth-order valence-electron chi connectivity index (χ4n) is 4.14. The second-order valence-electron chi connectivity index (χ2n) is 9.01. The molecule has 0 spiro atoms. The fourth-order valence-corrected chi connectivity index (χ4v) is 8.25. The van der Waals surface area contributed by atoms with Gasteiger partial charge < -0.3 is 9.57 Å². The summed E-state index contributed by atoms with van der Waals surface area (Å²) in [7, 11) is -2.63. The molecule has 2 rings (SSSR count). The monoisotopic (exact) mass is 348 g/mol. The highest BCUT2D eigenvalue weighted by Crippen LogP contribution is 2.69. The van der Waals surface area contributed by atoms with Gasteiger partial charge >= 0.3 is 0 Å². The first kappa shape index (κ1) is 19.1. The third-order valence-electron chi connectivity index (χ3n) is 4.82. The molecule has 1 aromatic rings. The predicted octanol–water partition coefficient (Wildman–Crippen LogP) is 6.04. The third-order valence-corrected chi connectivity index (χ3v) is 9.44. The maximum absolute atomic E-state index is 14.1. The third kappa shape index (κ3) is 3.04. The highest BCUT2D eigenvalue weighted by Gasteiger charge is 2.51. The van der Waals surface area contributed by atoms with Gasteiger partial charge in [0.2, 0.25) is 0 Å². The van der Waals surface area contributed by atoms with Crippen molar-refractivity contribution < 1.29 is 4.57 Å². The number of anilines is 1. The van der Waals surface area contributed by atoms with E-state index in [0.29, 0.717) is 6.67 Å². The zero-order valence-electron chi connectivity index (χ0n) is 16.8. The van der Waals surface area contributed by atoms with E-state index in [1.54, 1.807) is 0 Å². The van der Waals surface area contributed by atoms with Crippen molar-refractivity contribution in [2.75, 3.05) is 11.6 Å². The molecule has 0 saturated heterocycles. The minimum atomic E-state index is -2.63. The van der Waals surface area contributed by atoms with Crippen molar-refractivity contribution in [2.45, 2.75) is 72.6 Å². The van der Waals surface area contributed by atoms with Gasteiger partial charge in [0.25, 0.3) is 0 Å². The number of nitrogens with zero attached hydrogens (tertiary/aromatic N) is 2. The van der Waals surface area contributed by atoms with Gasteiger partial charge in [-0.05, 0) is 31.9 Å². The van der Waals surface area contributed by atoms with E-state index in [1.807, 2.05) is 6.20 Å². The lowest BCUT2D eigenvalue weighted by Gasteiger charge is -2.46. The van der Waals surface area contributed by atoms with Crippen LogP contribution in [0.2, 0.25) is 0 Å². The van der Waals surface area contributed by atoms with Gasteiger partial charge in [-0.15, -0.1) is 0 Å². The van der Waals surface area contributed by atoms with Crippen molar-refractivity contribution >= 4 is 13.0 Å². The predicted molar refractivity (Wildman–Crippen MR) is 106 cm³/mol. The van der Waals surface area contributed by atoms with Crippen LogP contribution in [0.1, 0.15) is 58.2 Å². The number of benzene rings is 1. The molecule has 0 N–H and O–H groups in total. The minimum absolute atomic E-state index is 0.275. The molecule has 0 atom stereocenters. The Morgan fingerprint density at radius 3 is 1.75 bits per heavy atom. The molecule has 0 aliphatic carbocycles. The van der Waals surface area contributed by atoms with Crippen molar-refractivity contribution in [3.05, 3.63) is 41.2 Å². The van der Waals surface area contributed by atoms with E-state index in [-0.39, 0.29) is 10.3 Å². The first-order valence-corrected chi connectivity index (χ1v) is 10.3. The smallest absolute Gasteiger partial charge is 0.183 e. The summed E-state index contributed by atoms with van der Waals surface area (Å²) in [5.74, 6) is 0. The first-order chi connectivity index (χ1) is 10.8. The van der Waals surface area contributed by atoms with Crippen LogP contribution in [-0.4, -0.2) is 21.7 Å². The molecule has 1 aromatic carbocycles. The minimum Gasteiger partial charge on any atom is -0.328 e. The van der Waals surface area contributed by atoms with Crippen LogP contribution in [0.25, 0.3) is 0 Å². The maximum atomic E-state index is 14.1. The Kier molecular flexibility index (Phi) is 4.74. The van der Waals surface area contributed by atoms with E-state index < -0.39 is 7.29 Å². The molecule has 0 radical (unpaired) electrons. The molecule has 3 nitrogen and oxygen atoms in total. The molecule has 1 aliphatic rings. The van der Waals surface area contributed by atoms with E-state index in [9.17, 15) is 4.57 Å². The molecule has 0 saturated carbocycles. The van der Waals surface area contributed by atoms with Crippen molar-refractivity contribution in [2.24, 2.45) is 0 Å². The van der Waals surface area contributed by atoms with Gasteiger partial charge in [-0.25, -0.2) is 0 Å². The lowest BCUT2D eigenvalue weighted by atomic mass is 10.0. The highest BCUT2D eigenvalue weighted by atomic mass is 31.2. The topological polar surface area (TPSA) is 23.6 Å². The second kappa shape index (κ2) is 5.95. The van der Waals surface area contributed by atoms with E-state index in [1.165, 1.54) is 22.4 Å². The van der Waals surface area contributed by atoms with Crippen molar-refractivity contribution in [1.29, 1.82) is 0 Å². The highest BCUT2D eigenvalue weighted by molar-refractivity contribution is 7.64. The van der Waals surface area contributed by atoms with Crippen LogP contribution in [-0.2, 0) is 4.57 Å². The summed E-state index contributed by atoms with van der Waals surface area (Å²) < 4.78 is 16.2. The van der Waals surface area contributed by atoms with E-state index in [4.69, 9.17) is 0 Å². The van der Waals surface area contributed by atoms with Crippen LogP contribution in [0.15, 0.2) is 24.5 Å². The Bertz CT molecular complexity index is 666. The molecule has 24 heavy (non-hydrogen) atoms. The number of hydrogen-bond acceptors (Lipinski definition) is 2. The van der Waals surface area contributed by atoms with Gasteiger partial charge in [0.1, 0.15) is 6.67 Å². The second-order valence-corrected chi connectivity index (χ2v) is 13.4. The molecule has 0 bridgehead atoms. The van der Waals surface area contributed by atoms with Gasteiger partial charge in [0.15, 0.2) is 7.29 Å². The summed E-state index contributed by atoms with van der Waals surface area (Å²) >= 11 is 0. The Labute approximate surface area is 148 Å². The average molecular weight is 348 g/mol. The number of hydrogen-bond donors (Lipinski definition) is 0. The Hall–Kier alpha value is -1.21. The van der Waals surface area contributed by atoms with Crippen molar-refractivity contribution in [1.82, 2.24) is 4.67 Å². The lowest BCUT2D eigenvalue weighted by Crippen LogP contribution is -2.38. The molecule has 4 heteroatoms. The Balaban J connectivity index is 2.41. The van der Waals surface area contributed by atoms with Crippen LogP contribution in [0, 0.1) is 20.8 Å². The van der Waals surface area contributed by atoms with Gasteiger partial charge in [-0.1, -0.05) is 59.2 Å². The molecule has 0 fully saturated rings. The summed E-state index contributed by atoms with van der Waals surface area (Å²) in [6.45, 7) is 19.7. The van der Waals surface area contributed by atoms with E-state index in [0.717, 1.165) is 0 Å². The fraction of sp³-hybridized carbons (Fsp3) is 0.600. The van der Waals surface area contributed by atoms with E-state index >= 15 is 0 Å². The van der Waals surface area contributed by atoms with Crippen LogP contribution in [0.3, 0.4) is 0 Å². The summed E-state index contributed by atoms with van der Waals surface area (Å²) in [4.78, 5) is 2.23. The van der Waals surface area contributed by atoms with Gasteiger partial charge in [-0.2, -0.15) is 0 Å². The Morgan fingerprint density at radius 2 is 1.33 bits per heavy atom. The summed E-state index contributed by atoms with van der Waals surface area (Å²) in [5.41, 5.74) is 5.04. The van der Waals surface area contributed by atoms with Crippen LogP contribution < -0.4 is 4.90 Å². The van der Waals surface area contributed by atoms with Crippen molar-refractivity contribution in [3.8, 4) is 0 Å². The van der Waals surface area contributed by atoms with Crippen molar-refractivity contribution in [3.63, 3.8) is 0 Å². The summed E-state index contributed by atoms with van der Waals surface area (Å²) in [6.07, 6.45) is 4.10. The van der Waals surface area contributed by atoms with Crippen LogP contribution in [0.4, 0.5) is 5.69 Å². The summed E-state index contributed by atoms with van der Waals surface area (Å²) in [5, 5.41) is -0.550. The number of aryl methyl sites for hydroxylation is 3. The molecule has 0 aromatic heterocycles. The summed E-state index contributed by atoms with van der Waals surface area (Å²) in [6, 6.07) is 4.43. The molecular weight excluding hydrogens is 315 g/mol. The van der Waals surface area contributed by atoms with Gasteiger partial charge in [0.05, 0.1) is 0 Å². The normalized spacial score (nSPS) is 16.2. The largest absolute Gasteiger partial charge is 0.328 e. The van der Waals surface area contributed by atoms with Crippen LogP contribution >= 0.6 is 7.29 Å². The first-order valence-electron chi connectivity index (χ1n) is 8.69. The molecule has 1 aliphatic heterocycles. The molecule has 0 amide bonds. The molecule has 0 unspecified atom stereocenters. The van der Waals surface area contributed by atoms with Crippen LogP contribution in [0.5, 0.6) is 0 Å². The van der Waals surface area contributed by atoms with E-state index in [2.05, 4.69) is 90.2 Å². The SMILES string of the molecule is Cc1cc(C)c(N2C=CN(P(=O)(C(C)(C)C)C(C)(C)C)C2)c(C)c1. The molecule has 134 valence electrons. The maximum Gasteiger partial charge on any atom is 0.183 e. The quantitative estimate of drug-likeness (QED) is 0.609. The zero-order valence-corrected chi connectivity index (χ0v) is 17.7. The Morgan fingerprint density at radius 1 is 0.875 bits per heavy atom. The standard InChI is InChI=1S/C20H33N2OP/c1-15-12-16(2)18(17(3)13-15)21-10-11-22(14-21)24(23,19(4,5)6)20(7,8)9/h10-13H,14H2,1-9H3. The van der Waals surface area contributed by atoms with Gasteiger partial charge in [0, 0.05) is 28.4 Å². The number of rotatable bonds is 2. The zero-order chi connectivity index (χ0) is 18.5. The average Bonchev–Trinajstić information content (AvgIpc) is 2.83. The molecular formula is C20H33N2OP. The van der Waals surface area contributed by atoms with Gasteiger partial charge in [-0.3, -0.25) is 4.57 Å². The lowest BCUT2D eigenvalue weighted by molar-refractivity contribution is 0.448. The molecule has 1 heterocycles.